The number of Topliss-reactive ketones (excluding diaryl/α,β-unsaturated/α-hetero) is 1. The van der Waals surface area contributed by atoms with Crippen molar-refractivity contribution in [1.29, 1.82) is 0 Å². The maximum atomic E-state index is 11.6. The van der Waals surface area contributed by atoms with E-state index in [1.165, 1.54) is 0 Å². The molecule has 0 amide bonds. The van der Waals surface area contributed by atoms with Crippen LogP contribution in [0.5, 0.6) is 5.75 Å². The minimum Gasteiger partial charge on any atom is -0.492 e. The van der Waals surface area contributed by atoms with E-state index in [0.29, 0.717) is 18.8 Å². The summed E-state index contributed by atoms with van der Waals surface area (Å²) in [6, 6.07) is 7.87. The third kappa shape index (κ3) is 4.32. The lowest BCUT2D eigenvalue weighted by atomic mass is 9.94. The minimum atomic E-state index is 0.222. The topological polar surface area (TPSA) is 29.5 Å². The molecule has 1 saturated heterocycles. The molecule has 104 valence electrons. The Morgan fingerprint density at radius 1 is 1.47 bits per heavy atom. The van der Waals surface area contributed by atoms with Gasteiger partial charge in [-0.3, -0.25) is 9.69 Å². The fourth-order valence-corrected chi connectivity index (χ4v) is 2.76. The molecule has 0 bridgehead atoms. The maximum Gasteiger partial charge on any atom is 0.138 e. The number of ketones is 1. The third-order valence-corrected chi connectivity index (χ3v) is 4.07. The Bertz CT molecular complexity index is 436. The first-order chi connectivity index (χ1) is 9.19. The molecule has 1 aromatic carbocycles. The standard InChI is InChI=1S/C15H20BrNO2/c1-2-12-11-17(7-6-15(12)18)8-9-19-14-5-3-4-13(16)10-14/h3-5,10,12H,2,6-9,11H2,1H3. The number of ether oxygens (including phenoxy) is 1. The molecule has 19 heavy (non-hydrogen) atoms. The smallest absolute Gasteiger partial charge is 0.138 e. The summed E-state index contributed by atoms with van der Waals surface area (Å²) in [5, 5.41) is 0. The minimum absolute atomic E-state index is 0.222. The fourth-order valence-electron chi connectivity index (χ4n) is 2.39. The van der Waals surface area contributed by atoms with E-state index in [2.05, 4.69) is 27.8 Å². The molecule has 2 rings (SSSR count). The molecule has 1 aliphatic heterocycles. The van der Waals surface area contributed by atoms with Gasteiger partial charge in [0.1, 0.15) is 18.1 Å². The Kier molecular flexibility index (Phi) is 5.40. The fraction of sp³-hybridized carbons (Fsp3) is 0.533. The molecule has 1 atom stereocenters. The van der Waals surface area contributed by atoms with Crippen LogP contribution in [0.15, 0.2) is 28.7 Å². The summed E-state index contributed by atoms with van der Waals surface area (Å²) in [7, 11) is 0. The predicted molar refractivity (Wildman–Crippen MR) is 79.5 cm³/mol. The Morgan fingerprint density at radius 3 is 3.05 bits per heavy atom. The van der Waals surface area contributed by atoms with Crippen LogP contribution in [-0.2, 0) is 4.79 Å². The molecule has 0 aliphatic carbocycles. The number of rotatable bonds is 5. The SMILES string of the molecule is CCC1CN(CCOc2cccc(Br)c2)CCC1=O. The lowest BCUT2D eigenvalue weighted by Gasteiger charge is -2.31. The normalized spacial score (nSPS) is 20.5. The van der Waals surface area contributed by atoms with E-state index in [0.717, 1.165) is 36.3 Å². The Balaban J connectivity index is 1.75. The van der Waals surface area contributed by atoms with Crippen molar-refractivity contribution in [2.45, 2.75) is 19.8 Å². The van der Waals surface area contributed by atoms with E-state index < -0.39 is 0 Å². The van der Waals surface area contributed by atoms with Crippen LogP contribution >= 0.6 is 15.9 Å². The van der Waals surface area contributed by atoms with Gasteiger partial charge in [-0.1, -0.05) is 28.9 Å². The highest BCUT2D eigenvalue weighted by Gasteiger charge is 2.25. The molecule has 3 nitrogen and oxygen atoms in total. The van der Waals surface area contributed by atoms with E-state index in [9.17, 15) is 4.79 Å². The number of hydrogen-bond acceptors (Lipinski definition) is 3. The molecule has 0 spiro atoms. The first kappa shape index (κ1) is 14.5. The molecule has 1 unspecified atom stereocenters. The zero-order chi connectivity index (χ0) is 13.7. The quantitative estimate of drug-likeness (QED) is 0.833. The largest absolute Gasteiger partial charge is 0.492 e. The molecule has 1 heterocycles. The van der Waals surface area contributed by atoms with Gasteiger partial charge in [-0.15, -0.1) is 0 Å². The molecule has 1 aliphatic rings. The van der Waals surface area contributed by atoms with Crippen LogP contribution in [0.25, 0.3) is 0 Å². The Hall–Kier alpha value is -0.870. The van der Waals surface area contributed by atoms with Crippen molar-refractivity contribution in [3.05, 3.63) is 28.7 Å². The molecule has 0 N–H and O–H groups in total. The zero-order valence-electron chi connectivity index (χ0n) is 11.3. The molecule has 0 saturated carbocycles. The number of nitrogens with zero attached hydrogens (tertiary/aromatic N) is 1. The lowest BCUT2D eigenvalue weighted by Crippen LogP contribution is -2.42. The van der Waals surface area contributed by atoms with Gasteiger partial charge in [-0.2, -0.15) is 0 Å². The average molecular weight is 326 g/mol. The second-order valence-electron chi connectivity index (χ2n) is 4.93. The third-order valence-electron chi connectivity index (χ3n) is 3.57. The summed E-state index contributed by atoms with van der Waals surface area (Å²) in [5.74, 6) is 1.53. The van der Waals surface area contributed by atoms with Crippen molar-refractivity contribution in [2.75, 3.05) is 26.2 Å². The van der Waals surface area contributed by atoms with Crippen LogP contribution in [0, 0.1) is 5.92 Å². The monoisotopic (exact) mass is 325 g/mol. The van der Waals surface area contributed by atoms with E-state index in [1.54, 1.807) is 0 Å². The summed E-state index contributed by atoms with van der Waals surface area (Å²) in [5.41, 5.74) is 0. The number of benzene rings is 1. The zero-order valence-corrected chi connectivity index (χ0v) is 12.9. The van der Waals surface area contributed by atoms with Gasteiger partial charge in [-0.05, 0) is 24.6 Å². The van der Waals surface area contributed by atoms with Gasteiger partial charge in [0.05, 0.1) is 0 Å². The summed E-state index contributed by atoms with van der Waals surface area (Å²) in [6.07, 6.45) is 1.64. The van der Waals surface area contributed by atoms with Gasteiger partial charge in [0.25, 0.3) is 0 Å². The van der Waals surface area contributed by atoms with Crippen LogP contribution in [0.1, 0.15) is 19.8 Å². The molecule has 4 heteroatoms. The average Bonchev–Trinajstić information content (AvgIpc) is 2.41. The first-order valence-corrected chi connectivity index (χ1v) is 7.61. The van der Waals surface area contributed by atoms with Gasteiger partial charge in [0.2, 0.25) is 0 Å². The predicted octanol–water partition coefficient (Wildman–Crippen LogP) is 3.13. The summed E-state index contributed by atoms with van der Waals surface area (Å²) >= 11 is 3.43. The highest BCUT2D eigenvalue weighted by Crippen LogP contribution is 2.18. The molecule has 1 fully saturated rings. The second kappa shape index (κ2) is 7.06. The first-order valence-electron chi connectivity index (χ1n) is 6.82. The van der Waals surface area contributed by atoms with Crippen molar-refractivity contribution >= 4 is 21.7 Å². The molecule has 0 aromatic heterocycles. The van der Waals surface area contributed by atoms with Crippen molar-refractivity contribution in [3.63, 3.8) is 0 Å². The van der Waals surface area contributed by atoms with Gasteiger partial charge in [0.15, 0.2) is 0 Å². The summed E-state index contributed by atoms with van der Waals surface area (Å²) < 4.78 is 6.76. The highest BCUT2D eigenvalue weighted by molar-refractivity contribution is 9.10. The Labute approximate surface area is 123 Å². The maximum absolute atomic E-state index is 11.6. The van der Waals surface area contributed by atoms with Gasteiger partial charge < -0.3 is 4.74 Å². The number of halogens is 1. The Morgan fingerprint density at radius 2 is 2.32 bits per heavy atom. The molecule has 1 aromatic rings. The van der Waals surface area contributed by atoms with Crippen molar-refractivity contribution in [2.24, 2.45) is 5.92 Å². The van der Waals surface area contributed by atoms with E-state index in [4.69, 9.17) is 4.74 Å². The van der Waals surface area contributed by atoms with Crippen LogP contribution in [0.2, 0.25) is 0 Å². The lowest BCUT2D eigenvalue weighted by molar-refractivity contribution is -0.126. The van der Waals surface area contributed by atoms with E-state index in [1.807, 2.05) is 24.3 Å². The van der Waals surface area contributed by atoms with Crippen molar-refractivity contribution in [3.8, 4) is 5.75 Å². The number of piperidine rings is 1. The molecular weight excluding hydrogens is 306 g/mol. The van der Waals surface area contributed by atoms with E-state index in [-0.39, 0.29) is 5.92 Å². The van der Waals surface area contributed by atoms with Crippen LogP contribution in [-0.4, -0.2) is 36.9 Å². The van der Waals surface area contributed by atoms with Gasteiger partial charge in [-0.25, -0.2) is 0 Å². The van der Waals surface area contributed by atoms with Crippen molar-refractivity contribution < 1.29 is 9.53 Å². The molecular formula is C15H20BrNO2. The van der Waals surface area contributed by atoms with Crippen molar-refractivity contribution in [1.82, 2.24) is 4.90 Å². The highest BCUT2D eigenvalue weighted by atomic mass is 79.9. The number of carbonyl (C=O) groups is 1. The number of carbonyl (C=O) groups excluding carboxylic acids is 1. The van der Waals surface area contributed by atoms with E-state index >= 15 is 0 Å². The number of hydrogen-bond donors (Lipinski definition) is 0. The summed E-state index contributed by atoms with van der Waals surface area (Å²) in [6.45, 7) is 5.40. The van der Waals surface area contributed by atoms with Gasteiger partial charge >= 0.3 is 0 Å². The van der Waals surface area contributed by atoms with Crippen LogP contribution in [0.3, 0.4) is 0 Å². The second-order valence-corrected chi connectivity index (χ2v) is 5.84. The van der Waals surface area contributed by atoms with Gasteiger partial charge in [0, 0.05) is 36.4 Å². The number of likely N-dealkylation sites (tertiary alicyclic amines) is 1. The van der Waals surface area contributed by atoms with Crippen LogP contribution < -0.4 is 4.74 Å². The summed E-state index contributed by atoms with van der Waals surface area (Å²) in [4.78, 5) is 14.0. The molecule has 0 radical (unpaired) electrons. The van der Waals surface area contributed by atoms with Crippen LogP contribution in [0.4, 0.5) is 0 Å².